The number of ketones is 1. The fourth-order valence-electron chi connectivity index (χ4n) is 2.89. The van der Waals surface area contributed by atoms with Gasteiger partial charge in [0.2, 0.25) is 5.91 Å². The second-order valence-corrected chi connectivity index (χ2v) is 7.83. The Morgan fingerprint density at radius 1 is 0.967 bits per heavy atom. The lowest BCUT2D eigenvalue weighted by molar-refractivity contribution is -0.116. The van der Waals surface area contributed by atoms with Crippen LogP contribution in [-0.4, -0.2) is 24.3 Å². The van der Waals surface area contributed by atoms with E-state index in [9.17, 15) is 14.4 Å². The molecule has 0 radical (unpaired) electrons. The number of ether oxygens (including phenoxy) is 1. The molecule has 3 aromatic rings. The molecule has 154 valence electrons. The van der Waals surface area contributed by atoms with Gasteiger partial charge in [0.1, 0.15) is 5.00 Å². The van der Waals surface area contributed by atoms with Crippen LogP contribution < -0.4 is 5.32 Å². The molecule has 0 aliphatic heterocycles. The molecule has 0 unspecified atom stereocenters. The molecular formula is C24H23NO4S. The molecule has 0 spiro atoms. The van der Waals surface area contributed by atoms with E-state index in [1.54, 1.807) is 25.1 Å². The smallest absolute Gasteiger partial charge is 0.341 e. The van der Waals surface area contributed by atoms with Crippen LogP contribution >= 0.6 is 11.3 Å². The van der Waals surface area contributed by atoms with Gasteiger partial charge in [-0.2, -0.15) is 0 Å². The number of nitrogens with one attached hydrogen (secondary N) is 1. The van der Waals surface area contributed by atoms with Gasteiger partial charge in [-0.3, -0.25) is 9.59 Å². The maximum absolute atomic E-state index is 12.5. The number of Topliss-reactive ketones (excluding diaryl/α,β-unsaturated/α-hetero) is 1. The molecule has 0 saturated heterocycles. The normalized spacial score (nSPS) is 10.5. The number of carbonyl (C=O) groups excluding carboxylic acids is 3. The first kappa shape index (κ1) is 21.5. The number of thiophene rings is 1. The van der Waals surface area contributed by atoms with Crippen LogP contribution in [0.25, 0.3) is 10.4 Å². The van der Waals surface area contributed by atoms with Crippen LogP contribution in [0, 0.1) is 6.92 Å². The molecule has 2 aromatic carbocycles. The lowest BCUT2D eigenvalue weighted by atomic mass is 10.1. The number of hydrogen-bond donors (Lipinski definition) is 1. The van der Waals surface area contributed by atoms with Gasteiger partial charge in [0.15, 0.2) is 5.78 Å². The topological polar surface area (TPSA) is 72.5 Å². The summed E-state index contributed by atoms with van der Waals surface area (Å²) in [7, 11) is 0. The van der Waals surface area contributed by atoms with Gasteiger partial charge in [-0.05, 0) is 25.5 Å². The van der Waals surface area contributed by atoms with Gasteiger partial charge < -0.3 is 10.1 Å². The number of rotatable bonds is 8. The third kappa shape index (κ3) is 5.42. The number of hydrogen-bond acceptors (Lipinski definition) is 5. The van der Waals surface area contributed by atoms with Crippen molar-refractivity contribution in [3.05, 3.63) is 77.4 Å². The Morgan fingerprint density at radius 3 is 2.33 bits per heavy atom. The summed E-state index contributed by atoms with van der Waals surface area (Å²) in [6.07, 6.45) is 0.133. The van der Waals surface area contributed by atoms with E-state index in [-0.39, 0.29) is 31.1 Å². The number of amides is 1. The summed E-state index contributed by atoms with van der Waals surface area (Å²) < 4.78 is 5.13. The molecule has 0 aliphatic carbocycles. The van der Waals surface area contributed by atoms with Crippen molar-refractivity contribution in [3.63, 3.8) is 0 Å². The van der Waals surface area contributed by atoms with E-state index in [4.69, 9.17) is 4.74 Å². The van der Waals surface area contributed by atoms with Crippen molar-refractivity contribution in [2.45, 2.75) is 26.7 Å². The van der Waals surface area contributed by atoms with Crippen LogP contribution in [0.15, 0.2) is 60.7 Å². The Kier molecular flexibility index (Phi) is 7.14. The predicted molar refractivity (Wildman–Crippen MR) is 119 cm³/mol. The molecule has 0 aliphatic rings. The summed E-state index contributed by atoms with van der Waals surface area (Å²) >= 11 is 1.31. The Bertz CT molecular complexity index is 1040. The second-order valence-electron chi connectivity index (χ2n) is 6.78. The number of anilines is 1. The Balaban J connectivity index is 1.71. The minimum absolute atomic E-state index is 0.0353. The lowest BCUT2D eigenvalue weighted by Crippen LogP contribution is -2.15. The summed E-state index contributed by atoms with van der Waals surface area (Å²) in [5.74, 6) is -0.892. The fourth-order valence-corrected chi connectivity index (χ4v) is 3.96. The molecule has 1 N–H and O–H groups in total. The quantitative estimate of drug-likeness (QED) is 0.385. The number of benzene rings is 2. The minimum atomic E-state index is -0.484. The van der Waals surface area contributed by atoms with E-state index >= 15 is 0 Å². The zero-order valence-electron chi connectivity index (χ0n) is 16.9. The SMILES string of the molecule is CCOC(=O)c1cc(-c2ccccc2)sc1NC(=O)CCC(=O)c1ccc(C)cc1. The molecule has 6 heteroatoms. The maximum Gasteiger partial charge on any atom is 0.341 e. The van der Waals surface area contributed by atoms with Gasteiger partial charge in [0.25, 0.3) is 0 Å². The van der Waals surface area contributed by atoms with E-state index in [1.165, 1.54) is 11.3 Å². The van der Waals surface area contributed by atoms with Crippen molar-refractivity contribution in [2.24, 2.45) is 0 Å². The third-order valence-electron chi connectivity index (χ3n) is 4.49. The van der Waals surface area contributed by atoms with Crippen LogP contribution in [0.1, 0.15) is 46.0 Å². The highest BCUT2D eigenvalue weighted by Gasteiger charge is 2.20. The molecule has 30 heavy (non-hydrogen) atoms. The molecule has 0 saturated carbocycles. The van der Waals surface area contributed by atoms with E-state index in [2.05, 4.69) is 5.32 Å². The Hall–Kier alpha value is -3.25. The van der Waals surface area contributed by atoms with E-state index in [1.807, 2.05) is 49.4 Å². The minimum Gasteiger partial charge on any atom is -0.462 e. The Morgan fingerprint density at radius 2 is 1.67 bits per heavy atom. The number of esters is 1. The van der Waals surface area contributed by atoms with E-state index in [0.29, 0.717) is 16.1 Å². The van der Waals surface area contributed by atoms with Gasteiger partial charge in [-0.1, -0.05) is 60.2 Å². The summed E-state index contributed by atoms with van der Waals surface area (Å²) in [6, 6.07) is 18.6. The maximum atomic E-state index is 12.5. The van der Waals surface area contributed by atoms with Crippen LogP contribution in [-0.2, 0) is 9.53 Å². The summed E-state index contributed by atoms with van der Waals surface area (Å²) in [5.41, 5.74) is 2.92. The van der Waals surface area contributed by atoms with Crippen LogP contribution in [0.4, 0.5) is 5.00 Å². The first-order chi connectivity index (χ1) is 14.5. The highest BCUT2D eigenvalue weighted by atomic mass is 32.1. The largest absolute Gasteiger partial charge is 0.462 e. The van der Waals surface area contributed by atoms with E-state index < -0.39 is 5.97 Å². The van der Waals surface area contributed by atoms with Gasteiger partial charge in [0.05, 0.1) is 12.2 Å². The van der Waals surface area contributed by atoms with Crippen molar-refractivity contribution >= 4 is 34.0 Å². The van der Waals surface area contributed by atoms with Gasteiger partial charge >= 0.3 is 5.97 Å². The van der Waals surface area contributed by atoms with Crippen molar-refractivity contribution in [1.29, 1.82) is 0 Å². The van der Waals surface area contributed by atoms with Gasteiger partial charge in [-0.25, -0.2) is 4.79 Å². The van der Waals surface area contributed by atoms with E-state index in [0.717, 1.165) is 16.0 Å². The predicted octanol–water partition coefficient (Wildman–Crippen LogP) is 5.50. The first-order valence-electron chi connectivity index (χ1n) is 9.74. The van der Waals surface area contributed by atoms with Gasteiger partial charge in [0, 0.05) is 23.3 Å². The average molecular weight is 422 g/mol. The highest BCUT2D eigenvalue weighted by Crippen LogP contribution is 2.36. The molecule has 1 amide bonds. The van der Waals surface area contributed by atoms with Crippen molar-refractivity contribution in [1.82, 2.24) is 0 Å². The van der Waals surface area contributed by atoms with Crippen LogP contribution in [0.3, 0.4) is 0 Å². The molecule has 3 rings (SSSR count). The molecule has 0 bridgehead atoms. The lowest BCUT2D eigenvalue weighted by Gasteiger charge is -2.06. The average Bonchev–Trinajstić information content (AvgIpc) is 3.17. The summed E-state index contributed by atoms with van der Waals surface area (Å²) in [5, 5.41) is 3.21. The first-order valence-corrected chi connectivity index (χ1v) is 10.6. The fraction of sp³-hybridized carbons (Fsp3) is 0.208. The van der Waals surface area contributed by atoms with Gasteiger partial charge in [-0.15, -0.1) is 11.3 Å². The third-order valence-corrected chi connectivity index (χ3v) is 5.59. The summed E-state index contributed by atoms with van der Waals surface area (Å²) in [6.45, 7) is 3.93. The molecular weight excluding hydrogens is 398 g/mol. The molecule has 5 nitrogen and oxygen atoms in total. The number of aryl methyl sites for hydroxylation is 1. The molecule has 1 heterocycles. The summed E-state index contributed by atoms with van der Waals surface area (Å²) in [4.78, 5) is 38.0. The zero-order valence-corrected chi connectivity index (χ0v) is 17.8. The molecule has 1 aromatic heterocycles. The highest BCUT2D eigenvalue weighted by molar-refractivity contribution is 7.20. The number of carbonyl (C=O) groups is 3. The zero-order chi connectivity index (χ0) is 21.5. The van der Waals surface area contributed by atoms with Crippen molar-refractivity contribution in [2.75, 3.05) is 11.9 Å². The van der Waals surface area contributed by atoms with Crippen molar-refractivity contribution in [3.8, 4) is 10.4 Å². The molecule has 0 fully saturated rings. The monoisotopic (exact) mass is 421 g/mol. The Labute approximate surface area is 179 Å². The van der Waals surface area contributed by atoms with Crippen LogP contribution in [0.5, 0.6) is 0 Å². The standard InChI is InChI=1S/C24H23NO4S/c1-3-29-24(28)19-15-21(18-7-5-4-6-8-18)30-23(19)25-22(27)14-13-20(26)17-11-9-16(2)10-12-17/h4-12,15H,3,13-14H2,1-2H3,(H,25,27). The van der Waals surface area contributed by atoms with Crippen molar-refractivity contribution < 1.29 is 19.1 Å². The van der Waals surface area contributed by atoms with Crippen LogP contribution in [0.2, 0.25) is 0 Å². The molecule has 0 atom stereocenters. The second kappa shape index (κ2) is 9.98.